The van der Waals surface area contributed by atoms with E-state index in [1.54, 1.807) is 12.1 Å². The molecule has 3 N–H and O–H groups in total. The standard InChI is InChI=1S/C9H11BrClNO/c10-7-5-6(1-2-8(7)11)9(13)3-4-12/h1-2,5,9,13H,3-4,12H2/t9-/m1/s1. The third-order valence-electron chi connectivity index (χ3n) is 1.77. The van der Waals surface area contributed by atoms with Crippen molar-refractivity contribution in [2.45, 2.75) is 12.5 Å². The number of aliphatic hydroxyl groups is 1. The van der Waals surface area contributed by atoms with Crippen LogP contribution in [0.2, 0.25) is 5.02 Å². The van der Waals surface area contributed by atoms with E-state index in [0.29, 0.717) is 18.0 Å². The first-order chi connectivity index (χ1) is 6.15. The van der Waals surface area contributed by atoms with Gasteiger partial charge >= 0.3 is 0 Å². The van der Waals surface area contributed by atoms with Crippen molar-refractivity contribution in [3.05, 3.63) is 33.3 Å². The van der Waals surface area contributed by atoms with Crippen molar-refractivity contribution in [1.29, 1.82) is 0 Å². The minimum absolute atomic E-state index is 0.474. The van der Waals surface area contributed by atoms with Gasteiger partial charge in [-0.25, -0.2) is 0 Å². The van der Waals surface area contributed by atoms with E-state index in [4.69, 9.17) is 17.3 Å². The van der Waals surface area contributed by atoms with Gasteiger partial charge in [-0.05, 0) is 46.6 Å². The fraction of sp³-hybridized carbons (Fsp3) is 0.333. The normalized spacial score (nSPS) is 12.9. The van der Waals surface area contributed by atoms with Gasteiger partial charge in [-0.3, -0.25) is 0 Å². The molecule has 0 saturated carbocycles. The lowest BCUT2D eigenvalue weighted by atomic mass is 10.1. The van der Waals surface area contributed by atoms with E-state index in [1.807, 2.05) is 6.07 Å². The van der Waals surface area contributed by atoms with Crippen molar-refractivity contribution in [3.63, 3.8) is 0 Å². The van der Waals surface area contributed by atoms with Crippen molar-refractivity contribution >= 4 is 27.5 Å². The van der Waals surface area contributed by atoms with Crippen LogP contribution in [0, 0.1) is 0 Å². The van der Waals surface area contributed by atoms with E-state index in [9.17, 15) is 5.11 Å². The molecular formula is C9H11BrClNO. The van der Waals surface area contributed by atoms with Gasteiger partial charge in [0.25, 0.3) is 0 Å². The highest BCUT2D eigenvalue weighted by molar-refractivity contribution is 9.10. The molecule has 0 fully saturated rings. The summed E-state index contributed by atoms with van der Waals surface area (Å²) in [4.78, 5) is 0. The maximum absolute atomic E-state index is 9.59. The molecule has 0 aromatic heterocycles. The zero-order chi connectivity index (χ0) is 9.84. The van der Waals surface area contributed by atoms with Crippen LogP contribution in [-0.4, -0.2) is 11.7 Å². The predicted molar refractivity (Wildman–Crippen MR) is 57.8 cm³/mol. The van der Waals surface area contributed by atoms with Crippen LogP contribution in [0.15, 0.2) is 22.7 Å². The molecule has 13 heavy (non-hydrogen) atoms. The summed E-state index contributed by atoms with van der Waals surface area (Å²) in [5.74, 6) is 0. The van der Waals surface area contributed by atoms with Crippen LogP contribution in [0.1, 0.15) is 18.1 Å². The number of benzene rings is 1. The van der Waals surface area contributed by atoms with E-state index in [1.165, 1.54) is 0 Å². The molecule has 1 rings (SSSR count). The third-order valence-corrected chi connectivity index (χ3v) is 2.98. The van der Waals surface area contributed by atoms with Crippen molar-refractivity contribution in [2.75, 3.05) is 6.54 Å². The van der Waals surface area contributed by atoms with Gasteiger partial charge in [0.05, 0.1) is 11.1 Å². The van der Waals surface area contributed by atoms with Crippen molar-refractivity contribution in [1.82, 2.24) is 0 Å². The second-order valence-electron chi connectivity index (χ2n) is 2.77. The Bertz CT molecular complexity index is 293. The molecule has 1 aromatic carbocycles. The molecule has 0 spiro atoms. The van der Waals surface area contributed by atoms with Gasteiger partial charge in [0.2, 0.25) is 0 Å². The summed E-state index contributed by atoms with van der Waals surface area (Å²) in [5, 5.41) is 10.2. The van der Waals surface area contributed by atoms with E-state index < -0.39 is 6.10 Å². The molecule has 0 unspecified atom stereocenters. The molecule has 0 aliphatic carbocycles. The molecule has 0 saturated heterocycles. The molecule has 72 valence electrons. The molecule has 1 aromatic rings. The smallest absolute Gasteiger partial charge is 0.0802 e. The van der Waals surface area contributed by atoms with Gasteiger partial charge in [0, 0.05) is 4.47 Å². The third kappa shape index (κ3) is 2.95. The topological polar surface area (TPSA) is 46.2 Å². The van der Waals surface area contributed by atoms with Crippen molar-refractivity contribution in [2.24, 2.45) is 5.73 Å². The second kappa shape index (κ2) is 4.96. The fourth-order valence-electron chi connectivity index (χ4n) is 1.04. The van der Waals surface area contributed by atoms with Gasteiger partial charge in [-0.1, -0.05) is 17.7 Å². The van der Waals surface area contributed by atoms with E-state index >= 15 is 0 Å². The SMILES string of the molecule is NCC[C@@H](O)c1ccc(Cl)c(Br)c1. The first-order valence-electron chi connectivity index (χ1n) is 3.98. The number of rotatable bonds is 3. The van der Waals surface area contributed by atoms with Gasteiger partial charge < -0.3 is 10.8 Å². The second-order valence-corrected chi connectivity index (χ2v) is 4.03. The molecule has 0 aliphatic rings. The van der Waals surface area contributed by atoms with Gasteiger partial charge in [0.1, 0.15) is 0 Å². The summed E-state index contributed by atoms with van der Waals surface area (Å²) in [7, 11) is 0. The molecule has 0 bridgehead atoms. The first kappa shape index (κ1) is 11.0. The molecule has 0 amide bonds. The Balaban J connectivity index is 2.84. The van der Waals surface area contributed by atoms with Crippen molar-refractivity contribution in [3.8, 4) is 0 Å². The Labute approximate surface area is 90.8 Å². The van der Waals surface area contributed by atoms with E-state index in [0.717, 1.165) is 10.0 Å². The molecular weight excluding hydrogens is 253 g/mol. The summed E-state index contributed by atoms with van der Waals surface area (Å²) in [6.07, 6.45) is 0.0622. The van der Waals surface area contributed by atoms with Crippen LogP contribution >= 0.6 is 27.5 Å². The maximum atomic E-state index is 9.59. The number of nitrogens with two attached hydrogens (primary N) is 1. The summed E-state index contributed by atoms with van der Waals surface area (Å²) in [6.45, 7) is 0.474. The van der Waals surface area contributed by atoms with Crippen molar-refractivity contribution < 1.29 is 5.11 Å². The van der Waals surface area contributed by atoms with Gasteiger partial charge in [-0.15, -0.1) is 0 Å². The summed E-state index contributed by atoms with van der Waals surface area (Å²) in [5.41, 5.74) is 6.17. The van der Waals surface area contributed by atoms with E-state index in [2.05, 4.69) is 15.9 Å². The molecule has 0 heterocycles. The Kier molecular flexibility index (Phi) is 4.19. The fourth-order valence-corrected chi connectivity index (χ4v) is 1.56. The Morgan fingerprint density at radius 2 is 2.23 bits per heavy atom. The Hall–Kier alpha value is -0.0900. The lowest BCUT2D eigenvalue weighted by Gasteiger charge is -2.10. The molecule has 4 heteroatoms. The lowest BCUT2D eigenvalue weighted by Crippen LogP contribution is -2.06. The average Bonchev–Trinajstić information content (AvgIpc) is 2.10. The molecule has 0 radical (unpaired) electrons. The Morgan fingerprint density at radius 1 is 1.54 bits per heavy atom. The first-order valence-corrected chi connectivity index (χ1v) is 5.15. The minimum atomic E-state index is -0.501. The molecule has 0 aliphatic heterocycles. The summed E-state index contributed by atoms with van der Waals surface area (Å²) < 4.78 is 0.794. The average molecular weight is 265 g/mol. The monoisotopic (exact) mass is 263 g/mol. The molecule has 2 nitrogen and oxygen atoms in total. The summed E-state index contributed by atoms with van der Waals surface area (Å²) >= 11 is 9.10. The highest BCUT2D eigenvalue weighted by atomic mass is 79.9. The van der Waals surface area contributed by atoms with Crippen LogP contribution in [0.25, 0.3) is 0 Å². The van der Waals surface area contributed by atoms with Gasteiger partial charge in [-0.2, -0.15) is 0 Å². The minimum Gasteiger partial charge on any atom is -0.388 e. The number of hydrogen-bond donors (Lipinski definition) is 2. The Morgan fingerprint density at radius 3 is 2.77 bits per heavy atom. The zero-order valence-electron chi connectivity index (χ0n) is 7.00. The summed E-state index contributed by atoms with van der Waals surface area (Å²) in [6, 6.07) is 5.36. The van der Waals surface area contributed by atoms with Crippen LogP contribution in [0.4, 0.5) is 0 Å². The number of aliphatic hydroxyl groups excluding tert-OH is 1. The number of halogens is 2. The van der Waals surface area contributed by atoms with Gasteiger partial charge in [0.15, 0.2) is 0 Å². The predicted octanol–water partition coefficient (Wildman–Crippen LogP) is 2.48. The quantitative estimate of drug-likeness (QED) is 0.881. The lowest BCUT2D eigenvalue weighted by molar-refractivity contribution is 0.170. The largest absolute Gasteiger partial charge is 0.388 e. The highest BCUT2D eigenvalue weighted by Crippen LogP contribution is 2.26. The number of hydrogen-bond acceptors (Lipinski definition) is 2. The van der Waals surface area contributed by atoms with Crippen LogP contribution in [0.3, 0.4) is 0 Å². The van der Waals surface area contributed by atoms with Crippen LogP contribution in [-0.2, 0) is 0 Å². The highest BCUT2D eigenvalue weighted by Gasteiger charge is 2.07. The van der Waals surface area contributed by atoms with Crippen LogP contribution in [0.5, 0.6) is 0 Å². The van der Waals surface area contributed by atoms with E-state index in [-0.39, 0.29) is 0 Å². The molecule has 1 atom stereocenters. The van der Waals surface area contributed by atoms with Crippen LogP contribution < -0.4 is 5.73 Å². The zero-order valence-corrected chi connectivity index (χ0v) is 9.35. The maximum Gasteiger partial charge on any atom is 0.0802 e.